The number of carbonyl (C=O) groups is 2. The molecule has 0 aliphatic heterocycles. The molecule has 1 saturated carbocycles. The summed E-state index contributed by atoms with van der Waals surface area (Å²) in [5, 5.41) is 12.0. The number of hydrogen-bond donors (Lipinski definition) is 2. The third kappa shape index (κ3) is 3.94. The van der Waals surface area contributed by atoms with Crippen molar-refractivity contribution in [2.75, 3.05) is 14.2 Å². The smallest absolute Gasteiger partial charge is 0.306 e. The molecule has 23 heavy (non-hydrogen) atoms. The fraction of sp³-hybridized carbons (Fsp3) is 0.529. The number of carbonyl (C=O) groups excluding carboxylic acids is 1. The van der Waals surface area contributed by atoms with Crippen molar-refractivity contribution in [1.29, 1.82) is 0 Å². The lowest BCUT2D eigenvalue weighted by Crippen LogP contribution is -2.32. The first-order valence-corrected chi connectivity index (χ1v) is 7.71. The lowest BCUT2D eigenvalue weighted by molar-refractivity contribution is -0.141. The fourth-order valence-corrected chi connectivity index (χ4v) is 3.03. The minimum Gasteiger partial charge on any atom is -0.497 e. The van der Waals surface area contributed by atoms with Gasteiger partial charge in [0.05, 0.1) is 26.2 Å². The van der Waals surface area contributed by atoms with Crippen molar-refractivity contribution in [2.24, 2.45) is 11.8 Å². The summed E-state index contributed by atoms with van der Waals surface area (Å²) in [6.07, 6.45) is 1.58. The van der Waals surface area contributed by atoms with Crippen LogP contribution in [0.15, 0.2) is 18.2 Å². The van der Waals surface area contributed by atoms with Crippen LogP contribution >= 0.6 is 0 Å². The molecule has 0 radical (unpaired) electrons. The number of ether oxygens (including phenoxy) is 2. The number of nitrogens with one attached hydrogen (secondary N) is 1. The number of carboxylic acid groups (broad SMARTS) is 1. The minimum absolute atomic E-state index is 0.105. The Labute approximate surface area is 135 Å². The van der Waals surface area contributed by atoms with Gasteiger partial charge in [0.2, 0.25) is 5.91 Å². The molecule has 1 aromatic rings. The monoisotopic (exact) mass is 321 g/mol. The normalized spacial score (nSPS) is 21.5. The van der Waals surface area contributed by atoms with Crippen molar-refractivity contribution < 1.29 is 24.2 Å². The van der Waals surface area contributed by atoms with E-state index in [-0.39, 0.29) is 17.9 Å². The van der Waals surface area contributed by atoms with Crippen LogP contribution in [0.4, 0.5) is 0 Å². The van der Waals surface area contributed by atoms with Gasteiger partial charge in [-0.15, -0.1) is 0 Å². The lowest BCUT2D eigenvalue weighted by Gasteiger charge is -2.20. The quantitative estimate of drug-likeness (QED) is 0.840. The number of amides is 1. The van der Waals surface area contributed by atoms with Gasteiger partial charge < -0.3 is 19.9 Å². The van der Waals surface area contributed by atoms with Gasteiger partial charge in [-0.1, -0.05) is 0 Å². The van der Waals surface area contributed by atoms with E-state index >= 15 is 0 Å². The number of carboxylic acids is 1. The molecule has 1 aliphatic rings. The molecule has 2 rings (SSSR count). The standard InChI is InChI=1S/C17H23NO5/c1-10(14-9-13(22-2)6-7-15(14)23-3)18-16(19)11-4-5-12(8-11)17(20)21/h6-7,9-12H,4-5,8H2,1-3H3,(H,18,19)(H,20,21)/t10?,11-,12+/m1/s1. The summed E-state index contributed by atoms with van der Waals surface area (Å²) in [6.45, 7) is 1.87. The summed E-state index contributed by atoms with van der Waals surface area (Å²) in [4.78, 5) is 23.4. The molecule has 0 heterocycles. The van der Waals surface area contributed by atoms with Crippen LogP contribution in [0.5, 0.6) is 11.5 Å². The Morgan fingerprint density at radius 1 is 1.22 bits per heavy atom. The third-order valence-corrected chi connectivity index (χ3v) is 4.41. The second-order valence-corrected chi connectivity index (χ2v) is 5.88. The van der Waals surface area contributed by atoms with E-state index in [1.54, 1.807) is 26.4 Å². The summed E-state index contributed by atoms with van der Waals surface area (Å²) < 4.78 is 10.6. The molecule has 1 fully saturated rings. The van der Waals surface area contributed by atoms with Crippen LogP contribution in [0.2, 0.25) is 0 Å². The van der Waals surface area contributed by atoms with Crippen molar-refractivity contribution in [3.8, 4) is 11.5 Å². The van der Waals surface area contributed by atoms with E-state index in [4.69, 9.17) is 14.6 Å². The zero-order valence-corrected chi connectivity index (χ0v) is 13.7. The maximum Gasteiger partial charge on any atom is 0.306 e. The van der Waals surface area contributed by atoms with E-state index in [1.807, 2.05) is 13.0 Å². The van der Waals surface area contributed by atoms with Gasteiger partial charge in [-0.05, 0) is 44.4 Å². The number of rotatable bonds is 6. The molecule has 1 unspecified atom stereocenters. The predicted octanol–water partition coefficient (Wildman–Crippen LogP) is 2.38. The van der Waals surface area contributed by atoms with Gasteiger partial charge >= 0.3 is 5.97 Å². The molecular weight excluding hydrogens is 298 g/mol. The van der Waals surface area contributed by atoms with Crippen molar-refractivity contribution >= 4 is 11.9 Å². The first kappa shape index (κ1) is 17.1. The fourth-order valence-electron chi connectivity index (χ4n) is 3.03. The van der Waals surface area contributed by atoms with Crippen molar-refractivity contribution in [2.45, 2.75) is 32.2 Å². The van der Waals surface area contributed by atoms with E-state index in [1.165, 1.54) is 0 Å². The van der Waals surface area contributed by atoms with Crippen LogP contribution in [-0.4, -0.2) is 31.2 Å². The first-order chi connectivity index (χ1) is 11.0. The molecule has 0 saturated heterocycles. The van der Waals surface area contributed by atoms with E-state index in [0.29, 0.717) is 30.8 Å². The highest BCUT2D eigenvalue weighted by atomic mass is 16.5. The molecule has 6 nitrogen and oxygen atoms in total. The highest BCUT2D eigenvalue weighted by Crippen LogP contribution is 2.33. The Kier molecular flexibility index (Phi) is 5.47. The van der Waals surface area contributed by atoms with Gasteiger partial charge in [-0.2, -0.15) is 0 Å². The average molecular weight is 321 g/mol. The van der Waals surface area contributed by atoms with Crippen LogP contribution < -0.4 is 14.8 Å². The molecule has 0 aromatic heterocycles. The Balaban J connectivity index is 2.05. The van der Waals surface area contributed by atoms with Gasteiger partial charge in [0.15, 0.2) is 0 Å². The highest BCUT2D eigenvalue weighted by Gasteiger charge is 2.34. The van der Waals surface area contributed by atoms with Gasteiger partial charge in [0.1, 0.15) is 11.5 Å². The SMILES string of the molecule is COc1ccc(OC)c(C(C)NC(=O)[C@@H]2CC[C@H](C(=O)O)C2)c1. The van der Waals surface area contributed by atoms with Crippen LogP contribution in [0, 0.1) is 11.8 Å². The largest absolute Gasteiger partial charge is 0.497 e. The molecule has 3 atom stereocenters. The van der Waals surface area contributed by atoms with Gasteiger partial charge in [-0.25, -0.2) is 0 Å². The minimum atomic E-state index is -0.817. The van der Waals surface area contributed by atoms with E-state index < -0.39 is 11.9 Å². The molecular formula is C17H23NO5. The van der Waals surface area contributed by atoms with Crippen LogP contribution in [-0.2, 0) is 9.59 Å². The number of methoxy groups -OCH3 is 2. The molecule has 1 aliphatic carbocycles. The molecule has 2 N–H and O–H groups in total. The summed E-state index contributed by atoms with van der Waals surface area (Å²) in [5.41, 5.74) is 0.827. The predicted molar refractivity (Wildman–Crippen MR) is 84.6 cm³/mol. The second-order valence-electron chi connectivity index (χ2n) is 5.88. The molecule has 0 bridgehead atoms. The number of benzene rings is 1. The molecule has 0 spiro atoms. The Morgan fingerprint density at radius 2 is 1.91 bits per heavy atom. The number of aliphatic carboxylic acids is 1. The molecule has 1 amide bonds. The first-order valence-electron chi connectivity index (χ1n) is 7.71. The van der Waals surface area contributed by atoms with Crippen molar-refractivity contribution in [1.82, 2.24) is 5.32 Å². The van der Waals surface area contributed by atoms with E-state index in [0.717, 1.165) is 5.56 Å². The van der Waals surface area contributed by atoms with Crippen LogP contribution in [0.3, 0.4) is 0 Å². The maximum absolute atomic E-state index is 12.4. The molecule has 126 valence electrons. The zero-order chi connectivity index (χ0) is 17.0. The third-order valence-electron chi connectivity index (χ3n) is 4.41. The van der Waals surface area contributed by atoms with Crippen molar-refractivity contribution in [3.05, 3.63) is 23.8 Å². The number of hydrogen-bond acceptors (Lipinski definition) is 4. The Morgan fingerprint density at radius 3 is 2.48 bits per heavy atom. The van der Waals surface area contributed by atoms with E-state index in [2.05, 4.69) is 5.32 Å². The Bertz CT molecular complexity index is 586. The van der Waals surface area contributed by atoms with Gasteiger partial charge in [-0.3, -0.25) is 9.59 Å². The average Bonchev–Trinajstić information content (AvgIpc) is 3.04. The van der Waals surface area contributed by atoms with E-state index in [9.17, 15) is 9.59 Å². The topological polar surface area (TPSA) is 84.9 Å². The summed E-state index contributed by atoms with van der Waals surface area (Å²) in [5.74, 6) is -0.210. The van der Waals surface area contributed by atoms with Crippen LogP contribution in [0.25, 0.3) is 0 Å². The maximum atomic E-state index is 12.4. The lowest BCUT2D eigenvalue weighted by atomic mass is 10.0. The zero-order valence-electron chi connectivity index (χ0n) is 13.7. The summed E-state index contributed by atoms with van der Waals surface area (Å²) in [6, 6.07) is 5.17. The molecule has 1 aromatic carbocycles. The second kappa shape index (κ2) is 7.35. The summed E-state index contributed by atoms with van der Waals surface area (Å²) in [7, 11) is 3.16. The van der Waals surface area contributed by atoms with Gasteiger partial charge in [0.25, 0.3) is 0 Å². The van der Waals surface area contributed by atoms with Crippen LogP contribution in [0.1, 0.15) is 37.8 Å². The highest BCUT2D eigenvalue weighted by molar-refractivity contribution is 5.81. The van der Waals surface area contributed by atoms with Gasteiger partial charge in [0, 0.05) is 11.5 Å². The van der Waals surface area contributed by atoms with Crippen molar-refractivity contribution in [3.63, 3.8) is 0 Å². The summed E-state index contributed by atoms with van der Waals surface area (Å²) >= 11 is 0. The molecule has 6 heteroatoms. The Hall–Kier alpha value is -2.24.